The molecule has 1 aliphatic rings. The first-order valence-electron chi connectivity index (χ1n) is 9.30. The van der Waals surface area contributed by atoms with Gasteiger partial charge in [-0.1, -0.05) is 20.8 Å². The van der Waals surface area contributed by atoms with Crippen molar-refractivity contribution in [1.29, 1.82) is 0 Å². The standard InChI is InChI=1S/C18H22F3N7O/c1-17(2,3)16-24-14(27-5-4-11(29)8-27)12-15(25-16)28(9-22-12)7-10-6-23-26-13(10)18(19,20)21/h6,9,11,29H,4-5,7-8H2,1-3H3,(H,23,26)/t11-/m0/s1. The molecule has 8 nitrogen and oxygen atoms in total. The smallest absolute Gasteiger partial charge is 0.391 e. The molecule has 0 saturated carbocycles. The lowest BCUT2D eigenvalue weighted by molar-refractivity contribution is -0.141. The van der Waals surface area contributed by atoms with E-state index in [0.29, 0.717) is 42.3 Å². The number of fused-ring (bicyclic) bond motifs is 1. The van der Waals surface area contributed by atoms with Crippen molar-refractivity contribution in [2.45, 2.75) is 51.4 Å². The lowest BCUT2D eigenvalue weighted by Gasteiger charge is -2.22. The number of β-amino-alcohol motifs (C(OH)–C–C–N with tert-alkyl or cyclic N) is 1. The fourth-order valence-electron chi connectivity index (χ4n) is 3.40. The summed E-state index contributed by atoms with van der Waals surface area (Å²) < 4.78 is 41.1. The van der Waals surface area contributed by atoms with Crippen LogP contribution in [0.3, 0.4) is 0 Å². The molecule has 0 bridgehead atoms. The quantitative estimate of drug-likeness (QED) is 0.690. The summed E-state index contributed by atoms with van der Waals surface area (Å²) in [4.78, 5) is 15.6. The van der Waals surface area contributed by atoms with Gasteiger partial charge in [-0.05, 0) is 6.42 Å². The van der Waals surface area contributed by atoms with Crippen LogP contribution < -0.4 is 4.90 Å². The molecule has 1 aliphatic heterocycles. The molecule has 1 saturated heterocycles. The van der Waals surface area contributed by atoms with Crippen molar-refractivity contribution in [3.8, 4) is 0 Å². The van der Waals surface area contributed by atoms with Gasteiger partial charge in [-0.3, -0.25) is 5.10 Å². The molecule has 0 unspecified atom stereocenters. The number of aliphatic hydroxyl groups excluding tert-OH is 1. The van der Waals surface area contributed by atoms with E-state index in [2.05, 4.69) is 25.1 Å². The lowest BCUT2D eigenvalue weighted by atomic mass is 9.96. The number of aromatic amines is 1. The van der Waals surface area contributed by atoms with E-state index in [0.717, 1.165) is 0 Å². The third kappa shape index (κ3) is 3.66. The number of hydrogen-bond acceptors (Lipinski definition) is 6. The number of hydrogen-bond donors (Lipinski definition) is 2. The Morgan fingerprint density at radius 3 is 2.62 bits per heavy atom. The number of rotatable bonds is 3. The van der Waals surface area contributed by atoms with Gasteiger partial charge in [-0.15, -0.1) is 0 Å². The van der Waals surface area contributed by atoms with E-state index in [1.807, 2.05) is 25.7 Å². The van der Waals surface area contributed by atoms with Gasteiger partial charge in [0.15, 0.2) is 22.7 Å². The summed E-state index contributed by atoms with van der Waals surface area (Å²) in [7, 11) is 0. The zero-order chi connectivity index (χ0) is 21.0. The molecular formula is C18H22F3N7O. The molecule has 3 aromatic rings. The number of alkyl halides is 3. The van der Waals surface area contributed by atoms with Crippen LogP contribution in [-0.4, -0.2) is 54.0 Å². The Balaban J connectivity index is 1.82. The number of imidazole rings is 1. The number of H-pyrrole nitrogens is 1. The van der Waals surface area contributed by atoms with Crippen LogP contribution in [0.2, 0.25) is 0 Å². The average Bonchev–Trinajstić information content (AvgIpc) is 3.33. The predicted octanol–water partition coefficient (Wildman–Crippen LogP) is 2.49. The third-order valence-electron chi connectivity index (χ3n) is 4.91. The van der Waals surface area contributed by atoms with Gasteiger partial charge in [0.2, 0.25) is 0 Å². The average molecular weight is 409 g/mol. The lowest BCUT2D eigenvalue weighted by Crippen LogP contribution is -2.25. The largest absolute Gasteiger partial charge is 0.435 e. The molecule has 0 amide bonds. The Morgan fingerprint density at radius 1 is 1.24 bits per heavy atom. The second-order valence-corrected chi connectivity index (χ2v) is 8.31. The summed E-state index contributed by atoms with van der Waals surface area (Å²) in [5.41, 5.74) is -0.360. The summed E-state index contributed by atoms with van der Waals surface area (Å²) in [6.07, 6.45) is -1.66. The van der Waals surface area contributed by atoms with Gasteiger partial charge in [0.05, 0.1) is 19.0 Å². The minimum absolute atomic E-state index is 0.00543. The van der Waals surface area contributed by atoms with Crippen LogP contribution in [-0.2, 0) is 18.1 Å². The Morgan fingerprint density at radius 2 is 2.00 bits per heavy atom. The second-order valence-electron chi connectivity index (χ2n) is 8.31. The Bertz CT molecular complexity index is 1030. The van der Waals surface area contributed by atoms with E-state index in [9.17, 15) is 18.3 Å². The molecule has 11 heteroatoms. The summed E-state index contributed by atoms with van der Waals surface area (Å²) in [5.74, 6) is 1.16. The monoisotopic (exact) mass is 409 g/mol. The molecule has 156 valence electrons. The predicted molar refractivity (Wildman–Crippen MR) is 99.6 cm³/mol. The molecule has 1 atom stereocenters. The molecule has 0 spiro atoms. The maximum Gasteiger partial charge on any atom is 0.435 e. The fraction of sp³-hybridized carbons (Fsp3) is 0.556. The molecule has 29 heavy (non-hydrogen) atoms. The number of aliphatic hydroxyl groups is 1. The number of halogens is 3. The summed E-state index contributed by atoms with van der Waals surface area (Å²) in [5, 5.41) is 15.5. The van der Waals surface area contributed by atoms with Crippen LogP contribution in [0.5, 0.6) is 0 Å². The second kappa shape index (κ2) is 6.68. The molecule has 1 fully saturated rings. The van der Waals surface area contributed by atoms with Crippen LogP contribution in [0.1, 0.15) is 44.3 Å². The van der Waals surface area contributed by atoms with Crippen LogP contribution in [0.15, 0.2) is 12.5 Å². The zero-order valence-electron chi connectivity index (χ0n) is 16.3. The van der Waals surface area contributed by atoms with Crippen LogP contribution in [0.25, 0.3) is 11.2 Å². The Hall–Kier alpha value is -2.69. The van der Waals surface area contributed by atoms with Gasteiger partial charge in [-0.25, -0.2) is 15.0 Å². The van der Waals surface area contributed by atoms with E-state index in [-0.39, 0.29) is 17.5 Å². The van der Waals surface area contributed by atoms with Gasteiger partial charge in [0, 0.05) is 30.3 Å². The number of nitrogens with zero attached hydrogens (tertiary/aromatic N) is 6. The van der Waals surface area contributed by atoms with Crippen molar-refractivity contribution in [2.24, 2.45) is 0 Å². The van der Waals surface area contributed by atoms with Crippen molar-refractivity contribution in [3.63, 3.8) is 0 Å². The van der Waals surface area contributed by atoms with Gasteiger partial charge >= 0.3 is 6.18 Å². The normalized spacial score (nSPS) is 18.2. The number of anilines is 1. The first kappa shape index (κ1) is 19.6. The molecular weight excluding hydrogens is 387 g/mol. The van der Waals surface area contributed by atoms with Crippen molar-refractivity contribution in [1.82, 2.24) is 29.7 Å². The van der Waals surface area contributed by atoms with Crippen molar-refractivity contribution >= 4 is 17.0 Å². The van der Waals surface area contributed by atoms with E-state index >= 15 is 0 Å². The van der Waals surface area contributed by atoms with Crippen molar-refractivity contribution < 1.29 is 18.3 Å². The highest BCUT2D eigenvalue weighted by Crippen LogP contribution is 2.32. The molecule has 4 heterocycles. The highest BCUT2D eigenvalue weighted by Gasteiger charge is 2.36. The molecule has 0 aromatic carbocycles. The molecule has 0 radical (unpaired) electrons. The fourth-order valence-corrected chi connectivity index (χ4v) is 3.40. The zero-order valence-corrected chi connectivity index (χ0v) is 16.3. The maximum atomic E-state index is 13.2. The van der Waals surface area contributed by atoms with E-state index in [4.69, 9.17) is 0 Å². The van der Waals surface area contributed by atoms with Crippen LogP contribution >= 0.6 is 0 Å². The summed E-state index contributed by atoms with van der Waals surface area (Å²) in [6.45, 7) is 6.89. The van der Waals surface area contributed by atoms with Crippen LogP contribution in [0, 0.1) is 0 Å². The molecule has 0 aliphatic carbocycles. The highest BCUT2D eigenvalue weighted by molar-refractivity contribution is 5.84. The van der Waals surface area contributed by atoms with Gasteiger partial charge < -0.3 is 14.6 Å². The molecule has 4 rings (SSSR count). The van der Waals surface area contributed by atoms with E-state index < -0.39 is 18.0 Å². The minimum Gasteiger partial charge on any atom is -0.391 e. The first-order valence-corrected chi connectivity index (χ1v) is 9.30. The molecule has 3 aromatic heterocycles. The van der Waals surface area contributed by atoms with Gasteiger partial charge in [-0.2, -0.15) is 18.3 Å². The van der Waals surface area contributed by atoms with Gasteiger partial charge in [0.25, 0.3) is 0 Å². The SMILES string of the molecule is CC(C)(C)c1nc(N2CC[C@H](O)C2)c2ncn(Cc3c[nH]nc3C(F)(F)F)c2n1. The third-order valence-corrected chi connectivity index (χ3v) is 4.91. The first-order chi connectivity index (χ1) is 13.5. The van der Waals surface area contributed by atoms with Crippen LogP contribution in [0.4, 0.5) is 19.0 Å². The Labute approximate surface area is 164 Å². The number of aromatic nitrogens is 6. The topological polar surface area (TPSA) is 95.8 Å². The number of nitrogens with one attached hydrogen (secondary N) is 1. The van der Waals surface area contributed by atoms with Crippen molar-refractivity contribution in [3.05, 3.63) is 29.6 Å². The molecule has 2 N–H and O–H groups in total. The Kier molecular flexibility index (Phi) is 4.52. The minimum atomic E-state index is -4.55. The van der Waals surface area contributed by atoms with Gasteiger partial charge in [0.1, 0.15) is 5.82 Å². The highest BCUT2D eigenvalue weighted by atomic mass is 19.4. The summed E-state index contributed by atoms with van der Waals surface area (Å²) in [6, 6.07) is 0. The van der Waals surface area contributed by atoms with E-state index in [1.54, 1.807) is 4.57 Å². The van der Waals surface area contributed by atoms with E-state index in [1.165, 1.54) is 12.5 Å². The van der Waals surface area contributed by atoms with Crippen molar-refractivity contribution in [2.75, 3.05) is 18.0 Å². The summed E-state index contributed by atoms with van der Waals surface area (Å²) >= 11 is 0. The maximum absolute atomic E-state index is 13.2.